The molecular weight excluding hydrogens is 266 g/mol. The fourth-order valence-corrected chi connectivity index (χ4v) is 2.69. The molecule has 5 heteroatoms. The van der Waals surface area contributed by atoms with E-state index in [4.69, 9.17) is 9.26 Å². The number of rotatable bonds is 8. The Hall–Kier alpha value is -0.940. The summed E-state index contributed by atoms with van der Waals surface area (Å²) in [6.45, 7) is 12.2. The Labute approximate surface area is 127 Å². The molecule has 21 heavy (non-hydrogen) atoms. The number of hydrogen-bond donors (Lipinski definition) is 1. The monoisotopic (exact) mass is 295 g/mol. The van der Waals surface area contributed by atoms with E-state index in [1.54, 1.807) is 0 Å². The number of hydrogen-bond acceptors (Lipinski definition) is 5. The maximum atomic E-state index is 5.82. The van der Waals surface area contributed by atoms with Crippen LogP contribution in [0.15, 0.2) is 4.52 Å². The maximum Gasteiger partial charge on any atom is 0.228 e. The average molecular weight is 295 g/mol. The van der Waals surface area contributed by atoms with Crippen molar-refractivity contribution in [2.45, 2.75) is 66.0 Å². The van der Waals surface area contributed by atoms with E-state index in [1.165, 1.54) is 12.8 Å². The average Bonchev–Trinajstić information content (AvgIpc) is 3.15. The van der Waals surface area contributed by atoms with E-state index in [0.717, 1.165) is 24.8 Å². The lowest BCUT2D eigenvalue weighted by Crippen LogP contribution is -2.33. The van der Waals surface area contributed by atoms with Gasteiger partial charge in [0.2, 0.25) is 11.7 Å². The van der Waals surface area contributed by atoms with Gasteiger partial charge in [0.15, 0.2) is 0 Å². The number of aromatic nitrogens is 2. The SMILES string of the molecule is CCNC(Cc1nc(C(OCC)C(C)(C)C)no1)C1CC1. The molecule has 0 radical (unpaired) electrons. The first-order valence-electron chi connectivity index (χ1n) is 8.13. The third-order valence-electron chi connectivity index (χ3n) is 3.89. The summed E-state index contributed by atoms with van der Waals surface area (Å²) in [4.78, 5) is 4.59. The smallest absolute Gasteiger partial charge is 0.228 e. The highest BCUT2D eigenvalue weighted by Crippen LogP contribution is 2.36. The van der Waals surface area contributed by atoms with E-state index in [-0.39, 0.29) is 11.5 Å². The van der Waals surface area contributed by atoms with Crippen molar-refractivity contribution in [1.29, 1.82) is 0 Å². The molecule has 1 aromatic rings. The molecule has 0 bridgehead atoms. The Balaban J connectivity index is 2.05. The van der Waals surface area contributed by atoms with Crippen LogP contribution in [-0.2, 0) is 11.2 Å². The molecule has 2 unspecified atom stereocenters. The molecule has 1 saturated carbocycles. The second-order valence-electron chi connectivity index (χ2n) is 6.95. The molecule has 1 aliphatic rings. The zero-order valence-corrected chi connectivity index (χ0v) is 14.0. The van der Waals surface area contributed by atoms with Gasteiger partial charge in [-0.2, -0.15) is 4.98 Å². The van der Waals surface area contributed by atoms with Gasteiger partial charge in [-0.3, -0.25) is 0 Å². The molecule has 2 atom stereocenters. The van der Waals surface area contributed by atoms with Gasteiger partial charge in [-0.25, -0.2) is 0 Å². The zero-order valence-electron chi connectivity index (χ0n) is 14.0. The molecule has 5 nitrogen and oxygen atoms in total. The second kappa shape index (κ2) is 6.88. The van der Waals surface area contributed by atoms with E-state index in [2.05, 4.69) is 43.2 Å². The first kappa shape index (κ1) is 16.4. The Morgan fingerprint density at radius 1 is 1.33 bits per heavy atom. The fraction of sp³-hybridized carbons (Fsp3) is 0.875. The highest BCUT2D eigenvalue weighted by molar-refractivity contribution is 4.99. The Morgan fingerprint density at radius 2 is 2.05 bits per heavy atom. The summed E-state index contributed by atoms with van der Waals surface area (Å²) in [5.41, 5.74) is -0.0469. The molecule has 0 saturated heterocycles. The molecule has 0 aliphatic heterocycles. The minimum absolute atomic E-state index is 0.0469. The summed E-state index contributed by atoms with van der Waals surface area (Å²) in [5, 5.41) is 7.68. The lowest BCUT2D eigenvalue weighted by Gasteiger charge is -2.27. The van der Waals surface area contributed by atoms with E-state index < -0.39 is 0 Å². The number of nitrogens with one attached hydrogen (secondary N) is 1. The normalized spacial score (nSPS) is 18.7. The van der Waals surface area contributed by atoms with E-state index in [0.29, 0.717) is 18.5 Å². The van der Waals surface area contributed by atoms with Crippen molar-refractivity contribution < 1.29 is 9.26 Å². The third kappa shape index (κ3) is 4.51. The largest absolute Gasteiger partial charge is 0.370 e. The van der Waals surface area contributed by atoms with Crippen LogP contribution in [0.2, 0.25) is 0 Å². The van der Waals surface area contributed by atoms with Gasteiger partial charge in [0, 0.05) is 19.1 Å². The van der Waals surface area contributed by atoms with Gasteiger partial charge in [0.25, 0.3) is 0 Å². The van der Waals surface area contributed by atoms with E-state index in [9.17, 15) is 0 Å². The molecule has 120 valence electrons. The summed E-state index contributed by atoms with van der Waals surface area (Å²) < 4.78 is 11.3. The lowest BCUT2D eigenvalue weighted by atomic mass is 9.88. The molecule has 1 N–H and O–H groups in total. The Morgan fingerprint density at radius 3 is 2.57 bits per heavy atom. The summed E-state index contributed by atoms with van der Waals surface area (Å²) in [6.07, 6.45) is 3.30. The molecule has 0 aromatic carbocycles. The minimum Gasteiger partial charge on any atom is -0.370 e. The third-order valence-corrected chi connectivity index (χ3v) is 3.89. The van der Waals surface area contributed by atoms with Crippen molar-refractivity contribution >= 4 is 0 Å². The Kier molecular flexibility index (Phi) is 5.38. The predicted molar refractivity (Wildman–Crippen MR) is 82.0 cm³/mol. The van der Waals surface area contributed by atoms with Gasteiger partial charge in [-0.1, -0.05) is 32.9 Å². The van der Waals surface area contributed by atoms with Crippen LogP contribution in [-0.4, -0.2) is 29.3 Å². The second-order valence-corrected chi connectivity index (χ2v) is 6.95. The molecule has 1 aliphatic carbocycles. The molecule has 0 amide bonds. The van der Waals surface area contributed by atoms with Crippen LogP contribution in [0.5, 0.6) is 0 Å². The molecular formula is C16H29N3O2. The van der Waals surface area contributed by atoms with Crippen LogP contribution >= 0.6 is 0 Å². The van der Waals surface area contributed by atoms with Crippen LogP contribution in [0.4, 0.5) is 0 Å². The van der Waals surface area contributed by atoms with Crippen molar-refractivity contribution in [3.63, 3.8) is 0 Å². The quantitative estimate of drug-likeness (QED) is 0.798. The minimum atomic E-state index is -0.126. The molecule has 1 aromatic heterocycles. The molecule has 0 spiro atoms. The van der Waals surface area contributed by atoms with Crippen LogP contribution in [0, 0.1) is 11.3 Å². The summed E-state index contributed by atoms with van der Waals surface area (Å²) in [7, 11) is 0. The topological polar surface area (TPSA) is 60.2 Å². The van der Waals surface area contributed by atoms with Crippen LogP contribution in [0.3, 0.4) is 0 Å². The Bertz CT molecular complexity index is 435. The lowest BCUT2D eigenvalue weighted by molar-refractivity contribution is -0.0203. The summed E-state index contributed by atoms with van der Waals surface area (Å²) in [5.74, 6) is 2.16. The van der Waals surface area contributed by atoms with Gasteiger partial charge >= 0.3 is 0 Å². The van der Waals surface area contributed by atoms with Crippen molar-refractivity contribution in [1.82, 2.24) is 15.5 Å². The van der Waals surface area contributed by atoms with Crippen LogP contribution in [0.1, 0.15) is 65.3 Å². The van der Waals surface area contributed by atoms with Gasteiger partial charge in [0.1, 0.15) is 6.10 Å². The first-order valence-corrected chi connectivity index (χ1v) is 8.13. The fourth-order valence-electron chi connectivity index (χ4n) is 2.69. The van der Waals surface area contributed by atoms with Gasteiger partial charge in [-0.05, 0) is 37.6 Å². The number of nitrogens with zero attached hydrogens (tertiary/aromatic N) is 2. The summed E-state index contributed by atoms with van der Waals surface area (Å²) >= 11 is 0. The molecule has 1 heterocycles. The molecule has 1 fully saturated rings. The maximum absolute atomic E-state index is 5.82. The van der Waals surface area contributed by atoms with Crippen molar-refractivity contribution in [3.05, 3.63) is 11.7 Å². The number of ether oxygens (including phenoxy) is 1. The van der Waals surface area contributed by atoms with Gasteiger partial charge in [0.05, 0.1) is 0 Å². The van der Waals surface area contributed by atoms with Crippen molar-refractivity contribution in [3.8, 4) is 0 Å². The highest BCUT2D eigenvalue weighted by Gasteiger charge is 2.34. The van der Waals surface area contributed by atoms with E-state index >= 15 is 0 Å². The molecule has 2 rings (SSSR count). The van der Waals surface area contributed by atoms with Crippen molar-refractivity contribution in [2.75, 3.05) is 13.2 Å². The van der Waals surface area contributed by atoms with Crippen LogP contribution < -0.4 is 5.32 Å². The van der Waals surface area contributed by atoms with Gasteiger partial charge < -0.3 is 14.6 Å². The van der Waals surface area contributed by atoms with E-state index in [1.807, 2.05) is 6.92 Å². The van der Waals surface area contributed by atoms with Gasteiger partial charge in [-0.15, -0.1) is 0 Å². The highest BCUT2D eigenvalue weighted by atomic mass is 16.5. The zero-order chi connectivity index (χ0) is 15.5. The first-order chi connectivity index (χ1) is 9.95. The van der Waals surface area contributed by atoms with Crippen molar-refractivity contribution in [2.24, 2.45) is 11.3 Å². The predicted octanol–water partition coefficient (Wildman–Crippen LogP) is 3.12. The summed E-state index contributed by atoms with van der Waals surface area (Å²) in [6, 6.07) is 0.462. The van der Waals surface area contributed by atoms with Crippen LogP contribution in [0.25, 0.3) is 0 Å². The number of likely N-dealkylation sites (N-methyl/N-ethyl adjacent to an activating group) is 1. The standard InChI is InChI=1S/C16H29N3O2/c1-6-17-12(11-8-9-11)10-13-18-15(19-21-13)14(20-7-2)16(3,4)5/h11-12,14,17H,6-10H2,1-5H3.